The van der Waals surface area contributed by atoms with Gasteiger partial charge in [0.1, 0.15) is 5.69 Å². The standard InChI is InChI=1S/C8H10N2O.C4H6O4/c1-5-3-4-10-7(6(5)2)8(9)11;5-3(6)1-2-4(7)8/h3-4H,1-2H3,(H2,9,11);1-2H2,(H,5,6)(H,7,8). The minimum absolute atomic E-state index is 0.296. The molecule has 0 bridgehead atoms. The Morgan fingerprint density at radius 3 is 1.95 bits per heavy atom. The van der Waals surface area contributed by atoms with Crippen LogP contribution in [0.4, 0.5) is 0 Å². The molecule has 19 heavy (non-hydrogen) atoms. The number of rotatable bonds is 4. The zero-order valence-corrected chi connectivity index (χ0v) is 10.7. The van der Waals surface area contributed by atoms with E-state index in [-0.39, 0.29) is 12.8 Å². The summed E-state index contributed by atoms with van der Waals surface area (Å²) >= 11 is 0. The molecule has 0 saturated heterocycles. The van der Waals surface area contributed by atoms with Crippen molar-refractivity contribution in [3.05, 3.63) is 29.1 Å². The molecule has 0 saturated carbocycles. The smallest absolute Gasteiger partial charge is 0.303 e. The molecule has 7 heteroatoms. The number of nitrogens with zero attached hydrogens (tertiary/aromatic N) is 1. The summed E-state index contributed by atoms with van der Waals surface area (Å²) in [7, 11) is 0. The van der Waals surface area contributed by atoms with Crippen LogP contribution in [0.15, 0.2) is 12.3 Å². The number of hydrogen-bond donors (Lipinski definition) is 3. The van der Waals surface area contributed by atoms with Crippen LogP contribution in [0, 0.1) is 13.8 Å². The highest BCUT2D eigenvalue weighted by Gasteiger charge is 2.06. The van der Waals surface area contributed by atoms with E-state index in [1.807, 2.05) is 19.9 Å². The predicted octanol–water partition coefficient (Wildman–Crippen LogP) is 0.733. The molecule has 0 aliphatic rings. The number of carboxylic acids is 2. The molecule has 104 valence electrons. The second-order valence-electron chi connectivity index (χ2n) is 3.75. The summed E-state index contributed by atoms with van der Waals surface area (Å²) in [4.78, 5) is 33.9. The van der Waals surface area contributed by atoms with E-state index in [0.717, 1.165) is 11.1 Å². The lowest BCUT2D eigenvalue weighted by atomic mass is 10.1. The predicted molar refractivity (Wildman–Crippen MR) is 66.7 cm³/mol. The van der Waals surface area contributed by atoms with Gasteiger partial charge in [-0.3, -0.25) is 19.4 Å². The average Bonchev–Trinajstić information content (AvgIpc) is 2.30. The van der Waals surface area contributed by atoms with Gasteiger partial charge in [0.15, 0.2) is 0 Å². The zero-order chi connectivity index (χ0) is 15.0. The summed E-state index contributed by atoms with van der Waals surface area (Å²) < 4.78 is 0. The van der Waals surface area contributed by atoms with E-state index in [0.29, 0.717) is 5.69 Å². The third-order valence-corrected chi connectivity index (χ3v) is 2.26. The second-order valence-corrected chi connectivity index (χ2v) is 3.75. The van der Waals surface area contributed by atoms with Gasteiger partial charge in [0, 0.05) is 6.20 Å². The number of carbonyl (C=O) groups excluding carboxylic acids is 1. The van der Waals surface area contributed by atoms with Crippen molar-refractivity contribution < 1.29 is 24.6 Å². The summed E-state index contributed by atoms with van der Waals surface area (Å²) in [6.07, 6.45) is 0.993. The minimum Gasteiger partial charge on any atom is -0.481 e. The maximum Gasteiger partial charge on any atom is 0.303 e. The Morgan fingerprint density at radius 1 is 1.16 bits per heavy atom. The van der Waals surface area contributed by atoms with Crippen LogP contribution < -0.4 is 5.73 Å². The fourth-order valence-corrected chi connectivity index (χ4v) is 1.09. The van der Waals surface area contributed by atoms with Crippen LogP contribution in [-0.2, 0) is 9.59 Å². The SMILES string of the molecule is Cc1ccnc(C(N)=O)c1C.O=C(O)CCC(=O)O. The number of aromatic nitrogens is 1. The van der Waals surface area contributed by atoms with Crippen molar-refractivity contribution >= 4 is 17.8 Å². The molecule has 0 fully saturated rings. The van der Waals surface area contributed by atoms with E-state index in [4.69, 9.17) is 15.9 Å². The highest BCUT2D eigenvalue weighted by Crippen LogP contribution is 2.08. The summed E-state index contributed by atoms with van der Waals surface area (Å²) in [5, 5.41) is 15.8. The molecule has 1 heterocycles. The van der Waals surface area contributed by atoms with Gasteiger partial charge >= 0.3 is 11.9 Å². The van der Waals surface area contributed by atoms with E-state index >= 15 is 0 Å². The summed E-state index contributed by atoms with van der Waals surface area (Å²) in [6, 6.07) is 1.85. The molecule has 1 rings (SSSR count). The van der Waals surface area contributed by atoms with Crippen molar-refractivity contribution in [2.45, 2.75) is 26.7 Å². The molecule has 0 aliphatic heterocycles. The number of aryl methyl sites for hydroxylation is 1. The molecular weight excluding hydrogens is 252 g/mol. The van der Waals surface area contributed by atoms with Crippen molar-refractivity contribution in [3.63, 3.8) is 0 Å². The van der Waals surface area contributed by atoms with E-state index in [9.17, 15) is 14.4 Å². The van der Waals surface area contributed by atoms with Gasteiger partial charge in [0.25, 0.3) is 5.91 Å². The van der Waals surface area contributed by atoms with Crippen LogP contribution in [-0.4, -0.2) is 33.0 Å². The van der Waals surface area contributed by atoms with E-state index in [1.165, 1.54) is 0 Å². The van der Waals surface area contributed by atoms with Crippen molar-refractivity contribution in [1.29, 1.82) is 0 Å². The van der Waals surface area contributed by atoms with Crippen LogP contribution in [0.5, 0.6) is 0 Å². The van der Waals surface area contributed by atoms with Crippen molar-refractivity contribution in [1.82, 2.24) is 4.98 Å². The quantitative estimate of drug-likeness (QED) is 0.737. The highest BCUT2D eigenvalue weighted by atomic mass is 16.4. The van der Waals surface area contributed by atoms with E-state index in [1.54, 1.807) is 6.20 Å². The van der Waals surface area contributed by atoms with Gasteiger partial charge in [-0.05, 0) is 31.0 Å². The van der Waals surface area contributed by atoms with Crippen molar-refractivity contribution in [2.75, 3.05) is 0 Å². The Morgan fingerprint density at radius 2 is 1.63 bits per heavy atom. The molecule has 1 amide bonds. The fraction of sp³-hybridized carbons (Fsp3) is 0.333. The first kappa shape index (κ1) is 16.6. The summed E-state index contributed by atoms with van der Waals surface area (Å²) in [6.45, 7) is 3.76. The normalized spacial score (nSPS) is 9.16. The number of pyridine rings is 1. The maximum absolute atomic E-state index is 10.7. The summed E-state index contributed by atoms with van der Waals surface area (Å²) in [5.74, 6) is -2.62. The van der Waals surface area contributed by atoms with Gasteiger partial charge in [0.05, 0.1) is 12.8 Å². The lowest BCUT2D eigenvalue weighted by Gasteiger charge is -2.01. The first-order valence-electron chi connectivity index (χ1n) is 5.41. The Kier molecular flexibility index (Phi) is 6.80. The van der Waals surface area contributed by atoms with Gasteiger partial charge in [-0.1, -0.05) is 0 Å². The van der Waals surface area contributed by atoms with Crippen LogP contribution in [0.1, 0.15) is 34.5 Å². The molecule has 0 aliphatic carbocycles. The number of carboxylic acid groups (broad SMARTS) is 2. The van der Waals surface area contributed by atoms with Gasteiger partial charge < -0.3 is 15.9 Å². The molecule has 0 unspecified atom stereocenters. The monoisotopic (exact) mass is 268 g/mol. The molecular formula is C12H16N2O5. The van der Waals surface area contributed by atoms with Gasteiger partial charge in [-0.2, -0.15) is 0 Å². The number of carbonyl (C=O) groups is 3. The van der Waals surface area contributed by atoms with Crippen molar-refractivity contribution in [2.24, 2.45) is 5.73 Å². The molecule has 7 nitrogen and oxygen atoms in total. The Bertz CT molecular complexity index is 471. The number of nitrogens with two attached hydrogens (primary N) is 1. The zero-order valence-electron chi connectivity index (χ0n) is 10.7. The molecule has 1 aromatic heterocycles. The molecule has 0 atom stereocenters. The third-order valence-electron chi connectivity index (χ3n) is 2.26. The maximum atomic E-state index is 10.7. The number of amides is 1. The highest BCUT2D eigenvalue weighted by molar-refractivity contribution is 5.92. The van der Waals surface area contributed by atoms with E-state index < -0.39 is 17.8 Å². The van der Waals surface area contributed by atoms with E-state index in [2.05, 4.69) is 4.98 Å². The average molecular weight is 268 g/mol. The Labute approximate surface area is 110 Å². The van der Waals surface area contributed by atoms with Gasteiger partial charge in [-0.25, -0.2) is 0 Å². The number of hydrogen-bond acceptors (Lipinski definition) is 4. The second kappa shape index (κ2) is 7.80. The Balaban J connectivity index is 0.000000362. The molecule has 0 spiro atoms. The molecule has 4 N–H and O–H groups in total. The Hall–Kier alpha value is -2.44. The summed E-state index contributed by atoms with van der Waals surface area (Å²) in [5.41, 5.74) is 7.34. The largest absolute Gasteiger partial charge is 0.481 e. The molecule has 0 aromatic carbocycles. The van der Waals surface area contributed by atoms with Gasteiger partial charge in [-0.15, -0.1) is 0 Å². The van der Waals surface area contributed by atoms with Crippen LogP contribution in [0.3, 0.4) is 0 Å². The van der Waals surface area contributed by atoms with Crippen LogP contribution in [0.25, 0.3) is 0 Å². The number of primary amides is 1. The van der Waals surface area contributed by atoms with Crippen molar-refractivity contribution in [3.8, 4) is 0 Å². The topological polar surface area (TPSA) is 131 Å². The van der Waals surface area contributed by atoms with Crippen LogP contribution in [0.2, 0.25) is 0 Å². The minimum atomic E-state index is -1.08. The van der Waals surface area contributed by atoms with Crippen LogP contribution >= 0.6 is 0 Å². The lowest BCUT2D eigenvalue weighted by molar-refractivity contribution is -0.143. The van der Waals surface area contributed by atoms with Gasteiger partial charge in [0.2, 0.25) is 0 Å². The lowest BCUT2D eigenvalue weighted by Crippen LogP contribution is -2.15. The number of aliphatic carboxylic acids is 2. The first-order chi connectivity index (χ1) is 8.75. The third kappa shape index (κ3) is 6.77. The molecule has 1 aromatic rings. The fourth-order valence-electron chi connectivity index (χ4n) is 1.09. The molecule has 0 radical (unpaired) electrons. The first-order valence-corrected chi connectivity index (χ1v) is 5.41.